The van der Waals surface area contributed by atoms with Crippen molar-refractivity contribution in [3.05, 3.63) is 36.5 Å². The summed E-state index contributed by atoms with van der Waals surface area (Å²) in [4.78, 5) is 38.0. The van der Waals surface area contributed by atoms with Gasteiger partial charge in [-0.15, -0.1) is 0 Å². The molecule has 0 aromatic heterocycles. The van der Waals surface area contributed by atoms with E-state index in [9.17, 15) is 14.4 Å². The summed E-state index contributed by atoms with van der Waals surface area (Å²) in [7, 11) is 0. The number of hydrogen-bond donors (Lipinski definition) is 0. The number of carbonyl (C=O) groups excluding carboxylic acids is 3. The molecule has 0 aliphatic carbocycles. The molecule has 0 aromatic rings. The summed E-state index contributed by atoms with van der Waals surface area (Å²) in [5, 5.41) is 0. The minimum atomic E-state index is -0.793. The molecule has 0 spiro atoms. The molecule has 63 heavy (non-hydrogen) atoms. The van der Waals surface area contributed by atoms with Crippen LogP contribution in [0.15, 0.2) is 36.5 Å². The van der Waals surface area contributed by atoms with Gasteiger partial charge < -0.3 is 14.2 Å². The second-order valence-corrected chi connectivity index (χ2v) is 18.5. The first-order valence-corrected chi connectivity index (χ1v) is 27.5. The van der Waals surface area contributed by atoms with E-state index >= 15 is 0 Å². The molecule has 0 fully saturated rings. The number of carbonyl (C=O) groups is 3. The smallest absolute Gasteiger partial charge is 0.306 e. The molecule has 0 unspecified atom stereocenters. The van der Waals surface area contributed by atoms with Crippen LogP contribution in [-0.2, 0) is 28.6 Å². The Hall–Kier alpha value is -2.37. The van der Waals surface area contributed by atoms with Gasteiger partial charge in [0.15, 0.2) is 6.10 Å². The molecule has 0 amide bonds. The van der Waals surface area contributed by atoms with Crippen LogP contribution in [0.3, 0.4) is 0 Å². The van der Waals surface area contributed by atoms with Gasteiger partial charge in [-0.25, -0.2) is 0 Å². The minimum absolute atomic E-state index is 0.0875. The van der Waals surface area contributed by atoms with E-state index in [0.29, 0.717) is 19.3 Å². The molecule has 0 N–H and O–H groups in total. The first kappa shape index (κ1) is 60.6. The summed E-state index contributed by atoms with van der Waals surface area (Å²) in [6.45, 7) is 6.62. The third-order valence-corrected chi connectivity index (χ3v) is 12.1. The van der Waals surface area contributed by atoms with E-state index in [4.69, 9.17) is 14.2 Å². The molecule has 6 heteroatoms. The van der Waals surface area contributed by atoms with Crippen molar-refractivity contribution in [2.45, 2.75) is 297 Å². The second-order valence-electron chi connectivity index (χ2n) is 18.5. The molecule has 6 nitrogen and oxygen atoms in total. The fourth-order valence-electron chi connectivity index (χ4n) is 7.99. The molecular weight excluding hydrogens is 781 g/mol. The molecule has 0 aliphatic heterocycles. The summed E-state index contributed by atoms with van der Waals surface area (Å²) < 4.78 is 16.8. The number of allylic oxidation sites excluding steroid dienone is 6. The van der Waals surface area contributed by atoms with Crippen LogP contribution in [0.5, 0.6) is 0 Å². The fraction of sp³-hybridized carbons (Fsp3) is 0.842. The van der Waals surface area contributed by atoms with Crippen molar-refractivity contribution in [1.29, 1.82) is 0 Å². The molecule has 0 saturated heterocycles. The second kappa shape index (κ2) is 52.3. The summed E-state index contributed by atoms with van der Waals surface area (Å²) in [5.74, 6) is -0.925. The van der Waals surface area contributed by atoms with Crippen LogP contribution in [0.4, 0.5) is 0 Å². The van der Waals surface area contributed by atoms with Gasteiger partial charge in [0.25, 0.3) is 0 Å². The van der Waals surface area contributed by atoms with Gasteiger partial charge in [-0.3, -0.25) is 14.4 Å². The first-order valence-electron chi connectivity index (χ1n) is 27.5. The van der Waals surface area contributed by atoms with Gasteiger partial charge in [0, 0.05) is 19.3 Å². The highest BCUT2D eigenvalue weighted by molar-refractivity contribution is 5.71. The van der Waals surface area contributed by atoms with E-state index in [2.05, 4.69) is 57.2 Å². The third kappa shape index (κ3) is 50.5. The zero-order chi connectivity index (χ0) is 45.8. The lowest BCUT2D eigenvalue weighted by Gasteiger charge is -2.18. The van der Waals surface area contributed by atoms with Gasteiger partial charge in [-0.05, 0) is 51.4 Å². The van der Waals surface area contributed by atoms with E-state index in [-0.39, 0.29) is 37.5 Å². The van der Waals surface area contributed by atoms with Gasteiger partial charge in [-0.2, -0.15) is 0 Å². The summed E-state index contributed by atoms with van der Waals surface area (Å²) in [6.07, 6.45) is 61.3. The van der Waals surface area contributed by atoms with Gasteiger partial charge in [0.1, 0.15) is 13.2 Å². The summed E-state index contributed by atoms with van der Waals surface area (Å²) >= 11 is 0. The molecule has 0 radical (unpaired) electrons. The Morgan fingerprint density at radius 1 is 0.317 bits per heavy atom. The summed E-state index contributed by atoms with van der Waals surface area (Å²) in [5.41, 5.74) is 0. The van der Waals surface area contributed by atoms with E-state index in [0.717, 1.165) is 57.8 Å². The Morgan fingerprint density at radius 2 is 0.587 bits per heavy atom. The molecule has 0 aromatic carbocycles. The lowest BCUT2D eigenvalue weighted by atomic mass is 10.0. The average molecular weight is 885 g/mol. The number of ether oxygens (including phenoxy) is 3. The van der Waals surface area contributed by atoms with Crippen molar-refractivity contribution in [1.82, 2.24) is 0 Å². The van der Waals surface area contributed by atoms with E-state index in [1.807, 2.05) is 0 Å². The lowest BCUT2D eigenvalue weighted by molar-refractivity contribution is -0.167. The zero-order valence-corrected chi connectivity index (χ0v) is 42.1. The van der Waals surface area contributed by atoms with Crippen LogP contribution >= 0.6 is 0 Å². The molecule has 0 rings (SSSR count). The van der Waals surface area contributed by atoms with Crippen molar-refractivity contribution in [3.63, 3.8) is 0 Å². The normalized spacial score (nSPS) is 12.2. The largest absolute Gasteiger partial charge is 0.462 e. The van der Waals surface area contributed by atoms with Crippen LogP contribution in [0.1, 0.15) is 290 Å². The SMILES string of the molecule is CCCCCCCC/C=C\C/C=C\C/C=C\CCCC(=O)O[C@@H](COC(=O)CCCCCCCCCCCCCCC)COC(=O)CCCCCCCCCCCCCCCCC. The van der Waals surface area contributed by atoms with Gasteiger partial charge in [-0.1, -0.05) is 256 Å². The predicted octanol–water partition coefficient (Wildman–Crippen LogP) is 18.1. The Bertz CT molecular complexity index is 1060. The molecule has 0 saturated carbocycles. The van der Waals surface area contributed by atoms with Crippen molar-refractivity contribution < 1.29 is 28.6 Å². The van der Waals surface area contributed by atoms with Crippen molar-refractivity contribution in [3.8, 4) is 0 Å². The molecule has 0 aliphatic rings. The van der Waals surface area contributed by atoms with Crippen molar-refractivity contribution in [2.75, 3.05) is 13.2 Å². The molecule has 0 heterocycles. The number of hydrogen-bond acceptors (Lipinski definition) is 6. The van der Waals surface area contributed by atoms with Crippen LogP contribution in [-0.4, -0.2) is 37.2 Å². The molecule has 0 bridgehead atoms. The minimum Gasteiger partial charge on any atom is -0.462 e. The quantitative estimate of drug-likeness (QED) is 0.0262. The predicted molar refractivity (Wildman–Crippen MR) is 270 cm³/mol. The van der Waals surface area contributed by atoms with Crippen LogP contribution < -0.4 is 0 Å². The monoisotopic (exact) mass is 885 g/mol. The van der Waals surface area contributed by atoms with Crippen LogP contribution in [0.2, 0.25) is 0 Å². The molecular formula is C57H104O6. The van der Waals surface area contributed by atoms with Gasteiger partial charge in [0.2, 0.25) is 0 Å². The first-order chi connectivity index (χ1) is 31.0. The fourth-order valence-corrected chi connectivity index (χ4v) is 7.99. The molecule has 1 atom stereocenters. The van der Waals surface area contributed by atoms with E-state index in [1.54, 1.807) is 0 Å². The highest BCUT2D eigenvalue weighted by Gasteiger charge is 2.19. The van der Waals surface area contributed by atoms with Crippen molar-refractivity contribution >= 4 is 17.9 Å². The Kier molecular flexibility index (Phi) is 50.3. The highest BCUT2D eigenvalue weighted by atomic mass is 16.6. The average Bonchev–Trinajstić information content (AvgIpc) is 3.28. The van der Waals surface area contributed by atoms with Crippen molar-refractivity contribution in [2.24, 2.45) is 0 Å². The number of rotatable bonds is 50. The zero-order valence-electron chi connectivity index (χ0n) is 42.1. The van der Waals surface area contributed by atoms with Gasteiger partial charge >= 0.3 is 17.9 Å². The maximum atomic E-state index is 12.8. The Morgan fingerprint density at radius 3 is 0.937 bits per heavy atom. The molecule has 368 valence electrons. The maximum Gasteiger partial charge on any atom is 0.306 e. The van der Waals surface area contributed by atoms with Crippen LogP contribution in [0.25, 0.3) is 0 Å². The number of esters is 3. The van der Waals surface area contributed by atoms with E-state index in [1.165, 1.54) is 186 Å². The highest BCUT2D eigenvalue weighted by Crippen LogP contribution is 2.16. The van der Waals surface area contributed by atoms with Gasteiger partial charge in [0.05, 0.1) is 0 Å². The van der Waals surface area contributed by atoms with E-state index < -0.39 is 6.10 Å². The Labute approximate surface area is 391 Å². The lowest BCUT2D eigenvalue weighted by Crippen LogP contribution is -2.30. The Balaban J connectivity index is 4.42. The third-order valence-electron chi connectivity index (χ3n) is 12.1. The van der Waals surface area contributed by atoms with Crippen LogP contribution in [0, 0.1) is 0 Å². The summed E-state index contributed by atoms with van der Waals surface area (Å²) in [6, 6.07) is 0. The number of unbranched alkanes of at least 4 members (excludes halogenated alkanes) is 33. The standard InChI is InChI=1S/C57H104O6/c1-4-7-10-13-16-19-22-25-27-28-30-33-36-39-42-45-48-51-57(60)63-54(52-61-55(58)49-46-43-40-37-34-31-24-21-18-15-12-9-6-3)53-62-56(59)50-47-44-41-38-35-32-29-26-23-20-17-14-11-8-5-2/h25,27,30,33,39,42,54H,4-24,26,28-29,31-32,34-38,40-41,43-53H2,1-3H3/b27-25-,33-30-,42-39-/t54-/m0/s1. The maximum absolute atomic E-state index is 12.8. The topological polar surface area (TPSA) is 78.9 Å².